The average Bonchev–Trinajstić information content (AvgIpc) is 2.83. The van der Waals surface area contributed by atoms with Crippen molar-refractivity contribution in [2.75, 3.05) is 0 Å². The zero-order valence-corrected chi connectivity index (χ0v) is 15.6. The van der Waals surface area contributed by atoms with Crippen molar-refractivity contribution in [1.82, 2.24) is 4.57 Å². The second-order valence-electron chi connectivity index (χ2n) is 5.74. The number of benzene rings is 2. The van der Waals surface area contributed by atoms with E-state index in [1.165, 1.54) is 12.1 Å². The van der Waals surface area contributed by atoms with Crippen LogP contribution in [0.4, 0.5) is 5.69 Å². The fourth-order valence-corrected chi connectivity index (χ4v) is 3.90. The molecular weight excluding hydrogens is 411 g/mol. The van der Waals surface area contributed by atoms with Crippen molar-refractivity contribution >= 4 is 40.1 Å². The second-order valence-corrected chi connectivity index (χ2v) is 8.30. The van der Waals surface area contributed by atoms with Gasteiger partial charge in [0.25, 0.3) is 5.69 Å². The Kier molecular flexibility index (Phi) is 4.55. The Labute approximate surface area is 151 Å². The van der Waals surface area contributed by atoms with Gasteiger partial charge < -0.3 is 14.4 Å². The molecule has 0 amide bonds. The summed E-state index contributed by atoms with van der Waals surface area (Å²) >= 11 is 3.37. The molecule has 7 nitrogen and oxygen atoms in total. The van der Waals surface area contributed by atoms with Crippen LogP contribution >= 0.6 is 23.5 Å². The van der Waals surface area contributed by atoms with Crippen LogP contribution in [0.25, 0.3) is 16.6 Å². The Hall–Kier alpha value is -1.99. The van der Waals surface area contributed by atoms with Gasteiger partial charge in [0.1, 0.15) is 0 Å². The van der Waals surface area contributed by atoms with Crippen LogP contribution in [0.5, 0.6) is 0 Å². The third-order valence-electron chi connectivity index (χ3n) is 3.88. The maximum absolute atomic E-state index is 11.5. The van der Waals surface area contributed by atoms with E-state index in [4.69, 9.17) is 0 Å². The molecule has 3 aromatic rings. The summed E-state index contributed by atoms with van der Waals surface area (Å²) in [7, 11) is -4.24. The highest BCUT2D eigenvalue weighted by molar-refractivity contribution is 9.10. The Balaban J connectivity index is 2.23. The number of nitro groups is 1. The van der Waals surface area contributed by atoms with E-state index < -0.39 is 12.5 Å². The lowest BCUT2D eigenvalue weighted by atomic mass is 10.1. The lowest BCUT2D eigenvalue weighted by molar-refractivity contribution is -0.384. The Morgan fingerprint density at radius 3 is 2.56 bits per heavy atom. The summed E-state index contributed by atoms with van der Waals surface area (Å²) in [5.74, 6) is 0. The summed E-state index contributed by atoms with van der Waals surface area (Å²) < 4.78 is 14.1. The highest BCUT2D eigenvalue weighted by Gasteiger charge is 2.20. The molecule has 0 radical (unpaired) electrons. The van der Waals surface area contributed by atoms with Gasteiger partial charge in [-0.05, 0) is 42.3 Å². The van der Waals surface area contributed by atoms with Crippen LogP contribution in [0.2, 0.25) is 0 Å². The summed E-state index contributed by atoms with van der Waals surface area (Å²) in [6.45, 7) is 1.76. The first kappa shape index (κ1) is 17.8. The number of hydrogen-bond acceptors (Lipinski definition) is 3. The predicted octanol–water partition coefficient (Wildman–Crippen LogP) is 4.29. The number of aromatic nitrogens is 1. The largest absolute Gasteiger partial charge is 0.329 e. The van der Waals surface area contributed by atoms with Crippen LogP contribution in [0, 0.1) is 17.0 Å². The van der Waals surface area contributed by atoms with Gasteiger partial charge in [-0.15, -0.1) is 0 Å². The van der Waals surface area contributed by atoms with E-state index in [9.17, 15) is 24.5 Å². The van der Waals surface area contributed by atoms with Gasteiger partial charge >= 0.3 is 7.60 Å². The molecule has 0 bridgehead atoms. The van der Waals surface area contributed by atoms with E-state index in [1.807, 2.05) is 12.1 Å². The molecule has 1 heterocycles. The predicted molar refractivity (Wildman–Crippen MR) is 98.1 cm³/mol. The fraction of sp³-hybridized carbons (Fsp3) is 0.125. The first-order chi connectivity index (χ1) is 11.7. The molecule has 0 aliphatic carbocycles. The third kappa shape index (κ3) is 3.67. The molecule has 2 N–H and O–H groups in total. The minimum Gasteiger partial charge on any atom is -0.324 e. The zero-order valence-electron chi connectivity index (χ0n) is 13.1. The molecule has 3 rings (SSSR count). The van der Waals surface area contributed by atoms with Gasteiger partial charge in [0.15, 0.2) is 0 Å². The highest BCUT2D eigenvalue weighted by atomic mass is 79.9. The van der Waals surface area contributed by atoms with Gasteiger partial charge in [0.2, 0.25) is 0 Å². The number of halogens is 1. The standard InChI is InChI=1S/C16H14BrN2O5P/c1-10-6-13(19(20)21)3-5-15(10)18-8-11(9-25(22,23)24)14-7-12(17)2-4-16(14)18/h2-8H,9H2,1H3,(H2,22,23,24). The van der Waals surface area contributed by atoms with Crippen LogP contribution in [0.3, 0.4) is 0 Å². The Bertz CT molecular complexity index is 1040. The van der Waals surface area contributed by atoms with Crippen molar-refractivity contribution in [3.05, 3.63) is 68.3 Å². The molecule has 0 saturated carbocycles. The second kappa shape index (κ2) is 6.38. The topological polar surface area (TPSA) is 106 Å². The number of fused-ring (bicyclic) bond motifs is 1. The molecule has 0 unspecified atom stereocenters. The molecule has 9 heteroatoms. The Morgan fingerprint density at radius 2 is 1.96 bits per heavy atom. The van der Waals surface area contributed by atoms with Gasteiger partial charge in [-0.3, -0.25) is 14.7 Å². The molecule has 25 heavy (non-hydrogen) atoms. The van der Waals surface area contributed by atoms with Gasteiger partial charge in [0.05, 0.1) is 16.6 Å². The number of nitro benzene ring substituents is 1. The molecule has 0 spiro atoms. The van der Waals surface area contributed by atoms with Crippen LogP contribution in [-0.4, -0.2) is 19.3 Å². The summed E-state index contributed by atoms with van der Waals surface area (Å²) in [6, 6.07) is 10.00. The third-order valence-corrected chi connectivity index (χ3v) is 5.12. The average molecular weight is 425 g/mol. The Morgan fingerprint density at radius 1 is 1.24 bits per heavy atom. The number of non-ortho nitro benzene ring substituents is 1. The van der Waals surface area contributed by atoms with E-state index in [-0.39, 0.29) is 11.8 Å². The molecule has 2 aromatic carbocycles. The van der Waals surface area contributed by atoms with E-state index >= 15 is 0 Å². The van der Waals surface area contributed by atoms with Crippen LogP contribution < -0.4 is 0 Å². The molecule has 0 saturated heterocycles. The van der Waals surface area contributed by atoms with Gasteiger partial charge in [-0.25, -0.2) is 0 Å². The summed E-state index contributed by atoms with van der Waals surface area (Å²) in [5, 5.41) is 11.6. The number of rotatable bonds is 4. The quantitative estimate of drug-likeness (QED) is 0.369. The number of hydrogen-bond donors (Lipinski definition) is 2. The first-order valence-corrected chi connectivity index (χ1v) is 9.84. The van der Waals surface area contributed by atoms with Crippen molar-refractivity contribution in [1.29, 1.82) is 0 Å². The molecular formula is C16H14BrN2O5P. The maximum Gasteiger partial charge on any atom is 0.329 e. The van der Waals surface area contributed by atoms with Crippen molar-refractivity contribution in [3.8, 4) is 5.69 Å². The monoisotopic (exact) mass is 424 g/mol. The lowest BCUT2D eigenvalue weighted by Crippen LogP contribution is -1.97. The van der Waals surface area contributed by atoms with Crippen molar-refractivity contribution in [2.45, 2.75) is 13.1 Å². The van der Waals surface area contributed by atoms with Crippen molar-refractivity contribution < 1.29 is 19.3 Å². The van der Waals surface area contributed by atoms with Crippen LogP contribution in [-0.2, 0) is 10.7 Å². The van der Waals surface area contributed by atoms with Crippen molar-refractivity contribution in [2.24, 2.45) is 0 Å². The van der Waals surface area contributed by atoms with Gasteiger partial charge in [-0.1, -0.05) is 15.9 Å². The van der Waals surface area contributed by atoms with Gasteiger partial charge in [-0.2, -0.15) is 0 Å². The molecule has 0 aliphatic rings. The van der Waals surface area contributed by atoms with E-state index in [1.54, 1.807) is 29.8 Å². The highest BCUT2D eigenvalue weighted by Crippen LogP contribution is 2.42. The molecule has 0 fully saturated rings. The van der Waals surface area contributed by atoms with Crippen LogP contribution in [0.1, 0.15) is 11.1 Å². The molecule has 0 atom stereocenters. The smallest absolute Gasteiger partial charge is 0.324 e. The molecule has 0 aliphatic heterocycles. The fourth-order valence-electron chi connectivity index (χ4n) is 2.84. The number of aryl methyl sites for hydroxylation is 1. The van der Waals surface area contributed by atoms with Crippen molar-refractivity contribution in [3.63, 3.8) is 0 Å². The summed E-state index contributed by atoms with van der Waals surface area (Å²) in [5.41, 5.74) is 2.69. The summed E-state index contributed by atoms with van der Waals surface area (Å²) in [6.07, 6.45) is 1.29. The SMILES string of the molecule is Cc1cc([N+](=O)[O-])ccc1-n1cc(CP(=O)(O)O)c2cc(Br)ccc21. The van der Waals surface area contributed by atoms with E-state index in [0.717, 1.165) is 21.1 Å². The first-order valence-electron chi connectivity index (χ1n) is 7.25. The van der Waals surface area contributed by atoms with E-state index in [0.29, 0.717) is 11.1 Å². The number of nitrogens with zero attached hydrogens (tertiary/aromatic N) is 2. The normalized spacial score (nSPS) is 11.8. The summed E-state index contributed by atoms with van der Waals surface area (Å²) in [4.78, 5) is 29.2. The maximum atomic E-state index is 11.5. The van der Waals surface area contributed by atoms with E-state index in [2.05, 4.69) is 15.9 Å². The molecule has 1 aromatic heterocycles. The minimum atomic E-state index is -4.24. The zero-order chi connectivity index (χ0) is 18.4. The molecule has 130 valence electrons. The van der Waals surface area contributed by atoms with Gasteiger partial charge in [0, 0.05) is 33.9 Å². The lowest BCUT2D eigenvalue weighted by Gasteiger charge is -2.09. The minimum absolute atomic E-state index is 0.00380. The van der Waals surface area contributed by atoms with Crippen LogP contribution in [0.15, 0.2) is 47.1 Å².